The highest BCUT2D eigenvalue weighted by atomic mass is 15.2. The molecular weight excluding hydrogens is 234 g/mol. The molecule has 1 unspecified atom stereocenters. The van der Waals surface area contributed by atoms with E-state index in [1.165, 1.54) is 35.1 Å². The van der Waals surface area contributed by atoms with Gasteiger partial charge in [0.05, 0.1) is 0 Å². The van der Waals surface area contributed by atoms with Crippen molar-refractivity contribution in [1.29, 1.82) is 0 Å². The van der Waals surface area contributed by atoms with E-state index >= 15 is 0 Å². The van der Waals surface area contributed by atoms with Gasteiger partial charge in [-0.1, -0.05) is 18.2 Å². The van der Waals surface area contributed by atoms with Crippen molar-refractivity contribution in [2.45, 2.75) is 25.8 Å². The van der Waals surface area contributed by atoms with Crippen LogP contribution in [0.25, 0.3) is 10.9 Å². The van der Waals surface area contributed by atoms with Crippen molar-refractivity contribution in [3.05, 3.63) is 35.5 Å². The molecule has 1 aliphatic rings. The third-order valence-electron chi connectivity index (χ3n) is 4.40. The minimum absolute atomic E-state index is 0.713. The Morgan fingerprint density at radius 2 is 2.16 bits per heavy atom. The molecule has 2 N–H and O–H groups in total. The summed E-state index contributed by atoms with van der Waals surface area (Å²) in [5.74, 6) is 0. The molecule has 1 atom stereocenters. The first-order chi connectivity index (χ1) is 9.25. The van der Waals surface area contributed by atoms with Gasteiger partial charge in [-0.3, -0.25) is 0 Å². The van der Waals surface area contributed by atoms with Crippen LogP contribution in [0.2, 0.25) is 0 Å². The predicted octanol–water partition coefficient (Wildman–Crippen LogP) is 2.31. The standard InChI is InChI=1S/C16H23N3/c1-12-14(15-5-3-4-6-16(15)18-12)8-10-19(2)13-7-9-17-11-13/h3-6,13,17-18H,7-11H2,1-2H3. The van der Waals surface area contributed by atoms with E-state index in [4.69, 9.17) is 0 Å². The molecule has 0 radical (unpaired) electrons. The van der Waals surface area contributed by atoms with Crippen LogP contribution in [-0.4, -0.2) is 42.6 Å². The number of hydrogen-bond acceptors (Lipinski definition) is 2. The van der Waals surface area contributed by atoms with Crippen molar-refractivity contribution in [1.82, 2.24) is 15.2 Å². The zero-order valence-electron chi connectivity index (χ0n) is 11.9. The molecular formula is C16H23N3. The number of nitrogens with zero attached hydrogens (tertiary/aromatic N) is 1. The number of hydrogen-bond donors (Lipinski definition) is 2. The molecule has 2 aromatic rings. The number of para-hydroxylation sites is 1. The first kappa shape index (κ1) is 12.7. The predicted molar refractivity (Wildman–Crippen MR) is 80.6 cm³/mol. The first-order valence-corrected chi connectivity index (χ1v) is 7.23. The van der Waals surface area contributed by atoms with Crippen molar-refractivity contribution >= 4 is 10.9 Å². The van der Waals surface area contributed by atoms with E-state index in [1.807, 2.05) is 0 Å². The zero-order valence-corrected chi connectivity index (χ0v) is 11.9. The van der Waals surface area contributed by atoms with Crippen molar-refractivity contribution in [2.75, 3.05) is 26.7 Å². The van der Waals surface area contributed by atoms with E-state index in [1.54, 1.807) is 0 Å². The molecule has 1 aliphatic heterocycles. The van der Waals surface area contributed by atoms with Gasteiger partial charge in [0.1, 0.15) is 0 Å². The van der Waals surface area contributed by atoms with Crippen LogP contribution in [0.4, 0.5) is 0 Å². The van der Waals surface area contributed by atoms with Crippen LogP contribution in [0.5, 0.6) is 0 Å². The van der Waals surface area contributed by atoms with Gasteiger partial charge in [0.2, 0.25) is 0 Å². The van der Waals surface area contributed by atoms with Gasteiger partial charge in [0.15, 0.2) is 0 Å². The van der Waals surface area contributed by atoms with Gasteiger partial charge in [-0.25, -0.2) is 0 Å². The van der Waals surface area contributed by atoms with E-state index < -0.39 is 0 Å². The highest BCUT2D eigenvalue weighted by molar-refractivity contribution is 5.84. The number of benzene rings is 1. The summed E-state index contributed by atoms with van der Waals surface area (Å²) in [6.07, 6.45) is 2.41. The Balaban J connectivity index is 1.72. The van der Waals surface area contributed by atoms with E-state index in [0.29, 0.717) is 6.04 Å². The highest BCUT2D eigenvalue weighted by Gasteiger charge is 2.19. The van der Waals surface area contributed by atoms with Gasteiger partial charge in [0.25, 0.3) is 0 Å². The van der Waals surface area contributed by atoms with E-state index in [9.17, 15) is 0 Å². The molecule has 19 heavy (non-hydrogen) atoms. The molecule has 3 rings (SSSR count). The van der Waals surface area contributed by atoms with Crippen molar-refractivity contribution in [3.8, 4) is 0 Å². The van der Waals surface area contributed by atoms with Gasteiger partial charge in [-0.05, 0) is 45.0 Å². The van der Waals surface area contributed by atoms with Crippen molar-refractivity contribution < 1.29 is 0 Å². The lowest BCUT2D eigenvalue weighted by Gasteiger charge is -2.23. The van der Waals surface area contributed by atoms with Crippen LogP contribution in [0.15, 0.2) is 24.3 Å². The van der Waals surface area contributed by atoms with Gasteiger partial charge >= 0.3 is 0 Å². The maximum absolute atomic E-state index is 3.49. The Labute approximate surface area is 115 Å². The summed E-state index contributed by atoms with van der Waals surface area (Å²) in [6, 6.07) is 9.33. The zero-order chi connectivity index (χ0) is 13.2. The number of aromatic amines is 1. The van der Waals surface area contributed by atoms with Crippen LogP contribution >= 0.6 is 0 Å². The minimum Gasteiger partial charge on any atom is -0.358 e. The van der Waals surface area contributed by atoms with E-state index in [2.05, 4.69) is 53.4 Å². The third-order valence-corrected chi connectivity index (χ3v) is 4.40. The van der Waals surface area contributed by atoms with Gasteiger partial charge in [0, 0.05) is 35.7 Å². The molecule has 0 aliphatic carbocycles. The van der Waals surface area contributed by atoms with Crippen LogP contribution in [0.1, 0.15) is 17.7 Å². The summed E-state index contributed by atoms with van der Waals surface area (Å²) < 4.78 is 0. The fourth-order valence-corrected chi connectivity index (χ4v) is 3.14. The number of fused-ring (bicyclic) bond motifs is 1. The molecule has 1 aromatic carbocycles. The molecule has 0 saturated carbocycles. The summed E-state index contributed by atoms with van der Waals surface area (Å²) in [4.78, 5) is 5.99. The average Bonchev–Trinajstić information content (AvgIpc) is 3.03. The van der Waals surface area contributed by atoms with Crippen LogP contribution in [0, 0.1) is 6.92 Å². The molecule has 1 aromatic heterocycles. The lowest BCUT2D eigenvalue weighted by molar-refractivity contribution is 0.260. The molecule has 1 fully saturated rings. The highest BCUT2D eigenvalue weighted by Crippen LogP contribution is 2.22. The Hall–Kier alpha value is -1.32. The van der Waals surface area contributed by atoms with Crippen LogP contribution < -0.4 is 5.32 Å². The normalized spacial score (nSPS) is 19.6. The summed E-state index contributed by atoms with van der Waals surface area (Å²) in [6.45, 7) is 5.63. The summed E-state index contributed by atoms with van der Waals surface area (Å²) in [5, 5.41) is 4.83. The third kappa shape index (κ3) is 2.53. The monoisotopic (exact) mass is 257 g/mol. The maximum Gasteiger partial charge on any atom is 0.0458 e. The van der Waals surface area contributed by atoms with Gasteiger partial charge < -0.3 is 15.2 Å². The smallest absolute Gasteiger partial charge is 0.0458 e. The fraction of sp³-hybridized carbons (Fsp3) is 0.500. The molecule has 102 valence electrons. The summed E-state index contributed by atoms with van der Waals surface area (Å²) in [5.41, 5.74) is 4.06. The number of aryl methyl sites for hydroxylation is 1. The molecule has 3 heteroatoms. The van der Waals surface area contributed by atoms with E-state index in [0.717, 1.165) is 19.5 Å². The summed E-state index contributed by atoms with van der Waals surface area (Å²) in [7, 11) is 2.25. The minimum atomic E-state index is 0.713. The van der Waals surface area contributed by atoms with Gasteiger partial charge in [-0.15, -0.1) is 0 Å². The van der Waals surface area contributed by atoms with Gasteiger partial charge in [-0.2, -0.15) is 0 Å². The Kier molecular flexibility index (Phi) is 3.58. The van der Waals surface area contributed by atoms with Crippen molar-refractivity contribution in [2.24, 2.45) is 0 Å². The average molecular weight is 257 g/mol. The number of H-pyrrole nitrogens is 1. The number of aromatic nitrogens is 1. The SMILES string of the molecule is Cc1[nH]c2ccccc2c1CCN(C)C1CCNC1. The van der Waals surface area contributed by atoms with Crippen molar-refractivity contribution in [3.63, 3.8) is 0 Å². The quantitative estimate of drug-likeness (QED) is 0.880. The number of nitrogens with one attached hydrogen (secondary N) is 2. The Morgan fingerprint density at radius 3 is 2.95 bits per heavy atom. The largest absolute Gasteiger partial charge is 0.358 e. The molecule has 3 nitrogen and oxygen atoms in total. The first-order valence-electron chi connectivity index (χ1n) is 7.23. The second kappa shape index (κ2) is 5.35. The fourth-order valence-electron chi connectivity index (χ4n) is 3.14. The summed E-state index contributed by atoms with van der Waals surface area (Å²) >= 11 is 0. The second-order valence-corrected chi connectivity index (χ2v) is 5.65. The number of likely N-dealkylation sites (N-methyl/N-ethyl adjacent to an activating group) is 1. The van der Waals surface area contributed by atoms with E-state index in [-0.39, 0.29) is 0 Å². The van der Waals surface area contributed by atoms with Crippen LogP contribution in [-0.2, 0) is 6.42 Å². The Morgan fingerprint density at radius 1 is 1.32 bits per heavy atom. The number of rotatable bonds is 4. The van der Waals surface area contributed by atoms with Crippen LogP contribution in [0.3, 0.4) is 0 Å². The molecule has 1 saturated heterocycles. The molecule has 0 bridgehead atoms. The Bertz CT molecular complexity index is 552. The maximum atomic E-state index is 3.49. The second-order valence-electron chi connectivity index (χ2n) is 5.65. The lowest BCUT2D eigenvalue weighted by Crippen LogP contribution is -2.34. The lowest BCUT2D eigenvalue weighted by atomic mass is 10.1. The topological polar surface area (TPSA) is 31.1 Å². The molecule has 0 spiro atoms. The molecule has 0 amide bonds. The molecule has 2 heterocycles.